The van der Waals surface area contributed by atoms with Crippen molar-refractivity contribution < 1.29 is 0 Å². The minimum absolute atomic E-state index is 0.425. The van der Waals surface area contributed by atoms with Gasteiger partial charge in [0.15, 0.2) is 0 Å². The second kappa shape index (κ2) is 3.75. The Hall–Kier alpha value is -0.0800. The van der Waals surface area contributed by atoms with Crippen LogP contribution in [-0.2, 0) is 0 Å². The van der Waals surface area contributed by atoms with E-state index in [2.05, 4.69) is 38.0 Å². The summed E-state index contributed by atoms with van der Waals surface area (Å²) in [6.07, 6.45) is 0. The molecule has 0 aromatic carbocycles. The van der Waals surface area contributed by atoms with E-state index < -0.39 is 0 Å². The predicted octanol–water partition coefficient (Wildman–Crippen LogP) is 1.18. The number of hydrogen-bond donors (Lipinski definition) is 1. The average Bonchev–Trinajstić information content (AvgIpc) is 1.81. The third kappa shape index (κ3) is 3.11. The SMILES string of the molecule is CC1CNCC(C)(C)CN(C)C1. The van der Waals surface area contributed by atoms with Gasteiger partial charge in [0.05, 0.1) is 0 Å². The Balaban J connectivity index is 2.48. The Bertz CT molecular complexity index is 143. The standard InChI is InChI=1S/C10H22N2/c1-9-5-11-7-10(2,3)8-12(4)6-9/h9,11H,5-8H2,1-4H3. The van der Waals surface area contributed by atoms with E-state index in [0.717, 1.165) is 19.0 Å². The smallest absolute Gasteiger partial charge is 0.00419 e. The van der Waals surface area contributed by atoms with Gasteiger partial charge in [-0.1, -0.05) is 20.8 Å². The lowest BCUT2D eigenvalue weighted by Gasteiger charge is -2.35. The lowest BCUT2D eigenvalue weighted by Crippen LogP contribution is -2.45. The molecular weight excluding hydrogens is 148 g/mol. The molecule has 1 rings (SSSR count). The highest BCUT2D eigenvalue weighted by atomic mass is 15.1. The molecule has 1 saturated heterocycles. The fourth-order valence-corrected chi connectivity index (χ4v) is 2.10. The quantitative estimate of drug-likeness (QED) is 0.587. The van der Waals surface area contributed by atoms with Gasteiger partial charge in [0.25, 0.3) is 0 Å². The Morgan fingerprint density at radius 3 is 2.75 bits per heavy atom. The molecule has 1 aliphatic heterocycles. The molecule has 1 fully saturated rings. The maximum Gasteiger partial charge on any atom is 0.00419 e. The van der Waals surface area contributed by atoms with Crippen LogP contribution in [0, 0.1) is 11.3 Å². The van der Waals surface area contributed by atoms with E-state index in [-0.39, 0.29) is 0 Å². The third-order valence-electron chi connectivity index (χ3n) is 2.42. The maximum atomic E-state index is 3.52. The van der Waals surface area contributed by atoms with Gasteiger partial charge in [0.1, 0.15) is 0 Å². The molecule has 1 aliphatic rings. The van der Waals surface area contributed by atoms with Crippen molar-refractivity contribution in [1.82, 2.24) is 10.2 Å². The largest absolute Gasteiger partial charge is 0.316 e. The van der Waals surface area contributed by atoms with E-state index in [1.165, 1.54) is 13.1 Å². The van der Waals surface area contributed by atoms with Crippen LogP contribution in [0.25, 0.3) is 0 Å². The van der Waals surface area contributed by atoms with Gasteiger partial charge in [-0.05, 0) is 24.9 Å². The van der Waals surface area contributed by atoms with E-state index >= 15 is 0 Å². The first kappa shape index (κ1) is 10.0. The van der Waals surface area contributed by atoms with Crippen molar-refractivity contribution in [3.8, 4) is 0 Å². The van der Waals surface area contributed by atoms with Crippen molar-refractivity contribution in [3.05, 3.63) is 0 Å². The molecule has 12 heavy (non-hydrogen) atoms. The van der Waals surface area contributed by atoms with Crippen molar-refractivity contribution in [3.63, 3.8) is 0 Å². The third-order valence-corrected chi connectivity index (χ3v) is 2.42. The molecule has 0 radical (unpaired) electrons. The van der Waals surface area contributed by atoms with Gasteiger partial charge >= 0.3 is 0 Å². The first-order chi connectivity index (χ1) is 5.49. The summed E-state index contributed by atoms with van der Waals surface area (Å²) < 4.78 is 0. The molecule has 0 aromatic heterocycles. The minimum atomic E-state index is 0.425. The summed E-state index contributed by atoms with van der Waals surface area (Å²) in [5.74, 6) is 0.783. The molecule has 2 nitrogen and oxygen atoms in total. The number of rotatable bonds is 0. The molecule has 1 heterocycles. The fraction of sp³-hybridized carbons (Fsp3) is 1.00. The van der Waals surface area contributed by atoms with Gasteiger partial charge in [-0.15, -0.1) is 0 Å². The van der Waals surface area contributed by atoms with E-state index in [9.17, 15) is 0 Å². The van der Waals surface area contributed by atoms with Crippen LogP contribution >= 0.6 is 0 Å². The predicted molar refractivity (Wildman–Crippen MR) is 53.3 cm³/mol. The van der Waals surface area contributed by atoms with E-state index in [4.69, 9.17) is 0 Å². The maximum absolute atomic E-state index is 3.52. The van der Waals surface area contributed by atoms with Gasteiger partial charge in [-0.2, -0.15) is 0 Å². The first-order valence-electron chi connectivity index (χ1n) is 4.89. The molecule has 0 saturated carbocycles. The Labute approximate surface area is 76.3 Å². The van der Waals surface area contributed by atoms with Gasteiger partial charge < -0.3 is 10.2 Å². The first-order valence-corrected chi connectivity index (χ1v) is 4.89. The summed E-state index contributed by atoms with van der Waals surface area (Å²) in [6, 6.07) is 0. The van der Waals surface area contributed by atoms with Crippen LogP contribution in [0.15, 0.2) is 0 Å². The molecule has 0 amide bonds. The molecular formula is C10H22N2. The summed E-state index contributed by atoms with van der Waals surface area (Å²) in [6.45, 7) is 11.7. The monoisotopic (exact) mass is 170 g/mol. The molecule has 1 unspecified atom stereocenters. The van der Waals surface area contributed by atoms with Gasteiger partial charge in [-0.3, -0.25) is 0 Å². The topological polar surface area (TPSA) is 15.3 Å². The van der Waals surface area contributed by atoms with Crippen molar-refractivity contribution in [1.29, 1.82) is 0 Å². The van der Waals surface area contributed by atoms with Crippen LogP contribution < -0.4 is 5.32 Å². The van der Waals surface area contributed by atoms with Crippen molar-refractivity contribution in [2.45, 2.75) is 20.8 Å². The highest BCUT2D eigenvalue weighted by molar-refractivity contribution is 4.79. The second-order valence-corrected chi connectivity index (χ2v) is 5.10. The summed E-state index contributed by atoms with van der Waals surface area (Å²) in [5.41, 5.74) is 0.425. The highest BCUT2D eigenvalue weighted by Gasteiger charge is 2.23. The normalized spacial score (nSPS) is 32.5. The summed E-state index contributed by atoms with van der Waals surface area (Å²) in [5, 5.41) is 3.52. The van der Waals surface area contributed by atoms with Crippen LogP contribution in [0.1, 0.15) is 20.8 Å². The Kier molecular flexibility index (Phi) is 3.13. The lowest BCUT2D eigenvalue weighted by molar-refractivity contribution is 0.161. The second-order valence-electron chi connectivity index (χ2n) is 5.10. The summed E-state index contributed by atoms with van der Waals surface area (Å²) in [4.78, 5) is 2.45. The van der Waals surface area contributed by atoms with Crippen LogP contribution in [0.5, 0.6) is 0 Å². The van der Waals surface area contributed by atoms with Crippen molar-refractivity contribution in [2.24, 2.45) is 11.3 Å². The van der Waals surface area contributed by atoms with Crippen LogP contribution in [-0.4, -0.2) is 38.1 Å². The minimum Gasteiger partial charge on any atom is -0.316 e. The molecule has 0 spiro atoms. The van der Waals surface area contributed by atoms with Gasteiger partial charge in [0.2, 0.25) is 0 Å². The van der Waals surface area contributed by atoms with Gasteiger partial charge in [0, 0.05) is 19.6 Å². The average molecular weight is 170 g/mol. The zero-order chi connectivity index (χ0) is 9.19. The molecule has 1 atom stereocenters. The molecule has 0 bridgehead atoms. The number of nitrogens with one attached hydrogen (secondary N) is 1. The van der Waals surface area contributed by atoms with E-state index in [1.807, 2.05) is 0 Å². The summed E-state index contributed by atoms with van der Waals surface area (Å²) >= 11 is 0. The van der Waals surface area contributed by atoms with Crippen LogP contribution in [0.4, 0.5) is 0 Å². The van der Waals surface area contributed by atoms with Crippen molar-refractivity contribution >= 4 is 0 Å². The Morgan fingerprint density at radius 1 is 1.42 bits per heavy atom. The number of nitrogens with zero attached hydrogens (tertiary/aromatic N) is 1. The lowest BCUT2D eigenvalue weighted by atomic mass is 9.91. The highest BCUT2D eigenvalue weighted by Crippen LogP contribution is 2.17. The molecule has 0 aliphatic carbocycles. The fourth-order valence-electron chi connectivity index (χ4n) is 2.10. The van der Waals surface area contributed by atoms with Gasteiger partial charge in [-0.25, -0.2) is 0 Å². The zero-order valence-corrected chi connectivity index (χ0v) is 8.85. The molecule has 0 aromatic rings. The molecule has 72 valence electrons. The molecule has 1 N–H and O–H groups in total. The Morgan fingerprint density at radius 2 is 2.08 bits per heavy atom. The van der Waals surface area contributed by atoms with E-state index in [1.54, 1.807) is 0 Å². The van der Waals surface area contributed by atoms with Crippen LogP contribution in [0.3, 0.4) is 0 Å². The zero-order valence-electron chi connectivity index (χ0n) is 8.85. The van der Waals surface area contributed by atoms with E-state index in [0.29, 0.717) is 5.41 Å². The molecule has 2 heteroatoms. The number of hydrogen-bond acceptors (Lipinski definition) is 2. The summed E-state index contributed by atoms with van der Waals surface area (Å²) in [7, 11) is 2.23. The van der Waals surface area contributed by atoms with Crippen molar-refractivity contribution in [2.75, 3.05) is 33.2 Å². The van der Waals surface area contributed by atoms with Crippen LogP contribution in [0.2, 0.25) is 0 Å².